The molecular weight excluding hydrogens is 412 g/mol. The number of nitrogens with zero attached hydrogens (tertiary/aromatic N) is 3. The summed E-state index contributed by atoms with van der Waals surface area (Å²) in [5.41, 5.74) is 1.38. The van der Waals surface area contributed by atoms with Gasteiger partial charge < -0.3 is 19.9 Å². The summed E-state index contributed by atoms with van der Waals surface area (Å²) in [5, 5.41) is 8.79. The Labute approximate surface area is 184 Å². The Kier molecular flexibility index (Phi) is 7.79. The van der Waals surface area contributed by atoms with Crippen LogP contribution in [0.2, 0.25) is 25.7 Å². The maximum absolute atomic E-state index is 12.5. The van der Waals surface area contributed by atoms with Gasteiger partial charge in [0, 0.05) is 27.4 Å². The maximum atomic E-state index is 12.5. The highest BCUT2D eigenvalue weighted by Crippen LogP contribution is 2.17. The van der Waals surface area contributed by atoms with Crippen LogP contribution in [0.3, 0.4) is 0 Å². The number of carbonyl (C=O) groups excluding carboxylic acids is 2. The third-order valence-corrected chi connectivity index (χ3v) is 7.17. The van der Waals surface area contributed by atoms with E-state index in [1.54, 1.807) is 0 Å². The van der Waals surface area contributed by atoms with Crippen molar-refractivity contribution in [2.24, 2.45) is 5.92 Å². The van der Waals surface area contributed by atoms with Gasteiger partial charge in [-0.05, 0) is 44.3 Å². The van der Waals surface area contributed by atoms with Gasteiger partial charge in [-0.15, -0.1) is 0 Å². The molecule has 3 heterocycles. The fourth-order valence-electron chi connectivity index (χ4n) is 3.68. The van der Waals surface area contributed by atoms with Gasteiger partial charge in [0.2, 0.25) is 0 Å². The van der Waals surface area contributed by atoms with E-state index in [1.807, 2.05) is 16.8 Å². The highest BCUT2D eigenvalue weighted by atomic mass is 28.3. The van der Waals surface area contributed by atoms with E-state index < -0.39 is 20.1 Å². The number of amides is 2. The number of ether oxygens (including phenoxy) is 1. The van der Waals surface area contributed by atoms with Crippen molar-refractivity contribution in [2.75, 3.05) is 25.0 Å². The normalized spacial score (nSPS) is 18.0. The van der Waals surface area contributed by atoms with Crippen LogP contribution in [0.5, 0.6) is 0 Å². The first-order chi connectivity index (χ1) is 14.7. The van der Waals surface area contributed by atoms with Crippen molar-refractivity contribution in [3.63, 3.8) is 0 Å². The minimum Gasteiger partial charge on any atom is -0.361 e. The van der Waals surface area contributed by atoms with Gasteiger partial charge in [0.25, 0.3) is 0 Å². The van der Waals surface area contributed by atoms with Crippen molar-refractivity contribution in [1.29, 1.82) is 0 Å². The number of urea groups is 1. The molecule has 1 saturated heterocycles. The Bertz CT molecular complexity index is 904. The Balaban J connectivity index is 1.57. The molecule has 2 amide bonds. The van der Waals surface area contributed by atoms with Crippen molar-refractivity contribution >= 4 is 36.9 Å². The van der Waals surface area contributed by atoms with Crippen LogP contribution in [0, 0.1) is 5.92 Å². The second kappa shape index (κ2) is 10.3. The molecule has 9 nitrogen and oxygen atoms in total. The minimum atomic E-state index is -1.12. The van der Waals surface area contributed by atoms with E-state index in [2.05, 4.69) is 45.6 Å². The Morgan fingerprint density at radius 1 is 1.39 bits per heavy atom. The number of fused-ring (bicyclic) bond motifs is 1. The van der Waals surface area contributed by atoms with Gasteiger partial charge in [0.15, 0.2) is 17.2 Å². The van der Waals surface area contributed by atoms with Crippen LogP contribution in [0.15, 0.2) is 18.5 Å². The molecule has 170 valence electrons. The van der Waals surface area contributed by atoms with Crippen molar-refractivity contribution in [1.82, 2.24) is 25.2 Å². The Morgan fingerprint density at radius 3 is 2.87 bits per heavy atom. The third kappa shape index (κ3) is 6.84. The van der Waals surface area contributed by atoms with Gasteiger partial charge in [0.1, 0.15) is 12.2 Å². The Morgan fingerprint density at radius 2 is 2.19 bits per heavy atom. The van der Waals surface area contributed by atoms with Crippen LogP contribution in [0.25, 0.3) is 11.2 Å². The fraction of sp³-hybridized carbons (Fsp3) is 0.619. The lowest BCUT2D eigenvalue weighted by Gasteiger charge is -2.29. The number of anilines is 1. The van der Waals surface area contributed by atoms with E-state index in [4.69, 9.17) is 4.74 Å². The zero-order chi connectivity index (χ0) is 22.4. The van der Waals surface area contributed by atoms with E-state index in [1.165, 1.54) is 13.1 Å². The van der Waals surface area contributed by atoms with Gasteiger partial charge in [-0.2, -0.15) is 0 Å². The summed E-state index contributed by atoms with van der Waals surface area (Å²) >= 11 is 0. The number of piperidine rings is 1. The topological polar surface area (TPSA) is 110 Å². The molecule has 2 aromatic rings. The maximum Gasteiger partial charge on any atom is 0.321 e. The van der Waals surface area contributed by atoms with Crippen molar-refractivity contribution in [3.8, 4) is 0 Å². The number of hydrogen-bond acceptors (Lipinski definition) is 6. The first kappa shape index (κ1) is 23.4. The van der Waals surface area contributed by atoms with E-state index >= 15 is 0 Å². The van der Waals surface area contributed by atoms with Crippen LogP contribution >= 0.6 is 0 Å². The van der Waals surface area contributed by atoms with Crippen LogP contribution in [0.1, 0.15) is 19.8 Å². The summed E-state index contributed by atoms with van der Waals surface area (Å²) in [6.45, 7) is 11.3. The summed E-state index contributed by atoms with van der Waals surface area (Å²) in [4.78, 5) is 33.4. The lowest BCUT2D eigenvalue weighted by atomic mass is 9.89. The number of carbonyl (C=O) groups is 2. The highest BCUT2D eigenvalue weighted by Gasteiger charge is 2.28. The standard InChI is InChI=1S/C21H34N6O3Si/c1-15(28)19(16-6-5-8-22-12-16)26-21(29)25-18-13-23-20-17(24-18)7-9-27(20)14-30-10-11-31(2,3)4/h7,9,13,16,19,22H,5-6,8,10-12,14H2,1-4H3,(H2,24,25,26,29). The molecule has 3 N–H and O–H groups in total. The SMILES string of the molecule is CC(=O)C(NC(=O)Nc1cnc2c(ccn2COCC[Si](C)(C)C)n1)C1CCCNC1. The number of rotatable bonds is 9. The fourth-order valence-corrected chi connectivity index (χ4v) is 4.43. The molecule has 0 bridgehead atoms. The summed E-state index contributed by atoms with van der Waals surface area (Å²) in [6, 6.07) is 1.99. The first-order valence-electron chi connectivity index (χ1n) is 10.9. The number of hydrogen-bond donors (Lipinski definition) is 3. The Hall–Kier alpha value is -2.30. The van der Waals surface area contributed by atoms with Crippen molar-refractivity contribution in [2.45, 2.75) is 58.2 Å². The number of aromatic nitrogens is 3. The quantitative estimate of drug-likeness (QED) is 0.404. The van der Waals surface area contributed by atoms with E-state index in [0.29, 0.717) is 23.7 Å². The predicted octanol–water partition coefficient (Wildman–Crippen LogP) is 2.82. The lowest BCUT2D eigenvalue weighted by Crippen LogP contribution is -2.51. The van der Waals surface area contributed by atoms with Gasteiger partial charge in [-0.25, -0.2) is 14.8 Å². The van der Waals surface area contributed by atoms with E-state index in [-0.39, 0.29) is 11.7 Å². The largest absolute Gasteiger partial charge is 0.361 e. The van der Waals surface area contributed by atoms with Crippen molar-refractivity contribution in [3.05, 3.63) is 18.5 Å². The summed E-state index contributed by atoms with van der Waals surface area (Å²) in [5.74, 6) is 0.392. The molecule has 10 heteroatoms. The third-order valence-electron chi connectivity index (χ3n) is 5.46. The summed E-state index contributed by atoms with van der Waals surface area (Å²) < 4.78 is 7.69. The first-order valence-corrected chi connectivity index (χ1v) is 14.6. The number of nitrogens with one attached hydrogen (secondary N) is 3. The molecule has 3 rings (SSSR count). The van der Waals surface area contributed by atoms with Crippen molar-refractivity contribution < 1.29 is 14.3 Å². The monoisotopic (exact) mass is 446 g/mol. The molecular formula is C21H34N6O3Si. The molecule has 0 radical (unpaired) electrons. The minimum absolute atomic E-state index is 0.0448. The molecule has 1 aliphatic rings. The molecule has 0 aromatic carbocycles. The van der Waals surface area contributed by atoms with E-state index in [9.17, 15) is 9.59 Å². The second-order valence-corrected chi connectivity index (χ2v) is 15.0. The molecule has 1 fully saturated rings. The zero-order valence-electron chi connectivity index (χ0n) is 18.9. The molecule has 2 unspecified atom stereocenters. The zero-order valence-corrected chi connectivity index (χ0v) is 19.9. The van der Waals surface area contributed by atoms with Crippen LogP contribution in [-0.4, -0.2) is 60.2 Å². The second-order valence-electron chi connectivity index (χ2n) is 9.39. The molecule has 0 saturated carbocycles. The van der Waals surface area contributed by atoms with Gasteiger partial charge in [-0.1, -0.05) is 19.6 Å². The molecule has 0 spiro atoms. The van der Waals surface area contributed by atoms with Gasteiger partial charge in [-0.3, -0.25) is 10.1 Å². The molecule has 31 heavy (non-hydrogen) atoms. The molecule has 0 aliphatic carbocycles. The van der Waals surface area contributed by atoms with Crippen LogP contribution in [-0.2, 0) is 16.3 Å². The van der Waals surface area contributed by atoms with Gasteiger partial charge in [0.05, 0.1) is 12.2 Å². The smallest absolute Gasteiger partial charge is 0.321 e. The van der Waals surface area contributed by atoms with E-state index in [0.717, 1.165) is 38.6 Å². The highest BCUT2D eigenvalue weighted by molar-refractivity contribution is 6.76. The van der Waals surface area contributed by atoms with Crippen LogP contribution < -0.4 is 16.0 Å². The van der Waals surface area contributed by atoms with Crippen LogP contribution in [0.4, 0.5) is 10.6 Å². The molecule has 1 aliphatic heterocycles. The molecule has 2 atom stereocenters. The molecule has 2 aromatic heterocycles. The van der Waals surface area contributed by atoms with Gasteiger partial charge >= 0.3 is 6.03 Å². The number of ketones is 1. The summed E-state index contributed by atoms with van der Waals surface area (Å²) in [6.07, 6.45) is 5.31. The predicted molar refractivity (Wildman–Crippen MR) is 124 cm³/mol. The summed E-state index contributed by atoms with van der Waals surface area (Å²) in [7, 11) is -1.12. The average Bonchev–Trinajstić information content (AvgIpc) is 3.11. The lowest BCUT2D eigenvalue weighted by molar-refractivity contribution is -0.120. The number of Topliss-reactive ketones (excluding diaryl/α,β-unsaturated/α-hetero) is 1. The average molecular weight is 447 g/mol.